The summed E-state index contributed by atoms with van der Waals surface area (Å²) >= 11 is 0. The lowest BCUT2D eigenvalue weighted by Crippen LogP contribution is -2.43. The van der Waals surface area contributed by atoms with Gasteiger partial charge in [0.2, 0.25) is 0 Å². The van der Waals surface area contributed by atoms with Gasteiger partial charge in [-0.2, -0.15) is 0 Å². The highest BCUT2D eigenvalue weighted by molar-refractivity contribution is 5.96. The smallest absolute Gasteiger partial charge is 0.339 e. The number of carbonyl (C=O) groups excluding carboxylic acids is 2. The average molecular weight is 397 g/mol. The Morgan fingerprint density at radius 1 is 0.933 bits per heavy atom. The maximum atomic E-state index is 13.1. The van der Waals surface area contributed by atoms with E-state index < -0.39 is 18.1 Å². The molecule has 1 amide bonds. The lowest BCUT2D eigenvalue weighted by atomic mass is 9.97. The van der Waals surface area contributed by atoms with Crippen LogP contribution < -0.4 is 5.32 Å². The van der Waals surface area contributed by atoms with Crippen molar-refractivity contribution in [3.63, 3.8) is 0 Å². The monoisotopic (exact) mass is 397 g/mol. The van der Waals surface area contributed by atoms with Gasteiger partial charge >= 0.3 is 5.97 Å². The van der Waals surface area contributed by atoms with E-state index in [1.807, 2.05) is 72.8 Å². The molecule has 148 valence electrons. The summed E-state index contributed by atoms with van der Waals surface area (Å²) in [6, 6.07) is 25.9. The van der Waals surface area contributed by atoms with E-state index in [9.17, 15) is 9.59 Å². The van der Waals surface area contributed by atoms with Crippen LogP contribution in [0.4, 0.5) is 0 Å². The van der Waals surface area contributed by atoms with Crippen molar-refractivity contribution in [2.75, 3.05) is 0 Å². The van der Waals surface area contributed by atoms with Gasteiger partial charge in [0, 0.05) is 11.8 Å². The van der Waals surface area contributed by atoms with E-state index in [0.717, 1.165) is 22.1 Å². The van der Waals surface area contributed by atoms with Crippen LogP contribution in [0.25, 0.3) is 11.0 Å². The van der Waals surface area contributed by atoms with E-state index >= 15 is 0 Å². The maximum absolute atomic E-state index is 13.1. The van der Waals surface area contributed by atoms with E-state index in [1.54, 1.807) is 12.1 Å². The number of cyclic esters (lactones) is 1. The zero-order chi connectivity index (χ0) is 20.5. The zero-order valence-corrected chi connectivity index (χ0v) is 16.1. The van der Waals surface area contributed by atoms with Gasteiger partial charge in [-0.05, 0) is 29.3 Å². The molecular formula is C25H19NO4. The van der Waals surface area contributed by atoms with Crippen molar-refractivity contribution in [3.8, 4) is 0 Å². The number of benzene rings is 3. The molecular weight excluding hydrogens is 378 g/mol. The number of carbonyl (C=O) groups is 2. The summed E-state index contributed by atoms with van der Waals surface area (Å²) in [7, 11) is 0. The zero-order valence-electron chi connectivity index (χ0n) is 16.1. The Morgan fingerprint density at radius 3 is 2.50 bits per heavy atom. The van der Waals surface area contributed by atoms with E-state index in [2.05, 4.69) is 5.32 Å². The van der Waals surface area contributed by atoms with E-state index in [1.165, 1.54) is 0 Å². The molecule has 1 aliphatic rings. The number of fused-ring (bicyclic) bond motifs is 2. The predicted octanol–water partition coefficient (Wildman–Crippen LogP) is 4.42. The minimum Gasteiger partial charge on any atom is -0.459 e. The molecule has 4 aromatic rings. The molecule has 0 saturated carbocycles. The van der Waals surface area contributed by atoms with Crippen LogP contribution >= 0.6 is 0 Å². The minimum absolute atomic E-state index is 0.343. The minimum atomic E-state index is -0.886. The summed E-state index contributed by atoms with van der Waals surface area (Å²) in [5.74, 6) is -0.206. The largest absolute Gasteiger partial charge is 0.459 e. The van der Waals surface area contributed by atoms with Crippen molar-refractivity contribution >= 4 is 22.8 Å². The lowest BCUT2D eigenvalue weighted by Gasteiger charge is -2.26. The SMILES string of the molecule is O=C1O[C@@H](C(=O)N[C@H](c2ccccc2)c2cc3ccccc3o2)Cc2ccccc21. The first-order chi connectivity index (χ1) is 14.7. The topological polar surface area (TPSA) is 68.5 Å². The Labute approximate surface area is 173 Å². The van der Waals surface area contributed by atoms with Crippen molar-refractivity contribution in [3.05, 3.63) is 107 Å². The predicted molar refractivity (Wildman–Crippen MR) is 112 cm³/mol. The molecule has 0 spiro atoms. The Bertz CT molecular complexity index is 1200. The van der Waals surface area contributed by atoms with Crippen molar-refractivity contribution < 1.29 is 18.7 Å². The van der Waals surface area contributed by atoms with Gasteiger partial charge in [-0.3, -0.25) is 4.79 Å². The number of hydrogen-bond acceptors (Lipinski definition) is 4. The molecule has 0 aliphatic carbocycles. The second kappa shape index (κ2) is 7.52. The Kier molecular flexibility index (Phi) is 4.56. The third-order valence-electron chi connectivity index (χ3n) is 5.33. The standard InChI is InChI=1S/C25H19NO4/c27-24(22-14-17-10-4-6-12-19(17)25(28)30-22)26-23(16-8-2-1-3-9-16)21-15-18-11-5-7-13-20(18)29-21/h1-13,15,22-23H,14H2,(H,26,27)/t22-,23-/m1/s1. The van der Waals surface area contributed by atoms with Gasteiger partial charge in [0.1, 0.15) is 17.4 Å². The van der Waals surface area contributed by atoms with E-state index in [-0.39, 0.29) is 5.91 Å². The summed E-state index contributed by atoms with van der Waals surface area (Å²) in [4.78, 5) is 25.4. The summed E-state index contributed by atoms with van der Waals surface area (Å²) in [5.41, 5.74) is 2.96. The van der Waals surface area contributed by atoms with Crippen molar-refractivity contribution in [2.45, 2.75) is 18.6 Å². The average Bonchev–Trinajstić information content (AvgIpc) is 3.22. The normalized spacial score (nSPS) is 16.5. The quantitative estimate of drug-likeness (QED) is 0.518. The van der Waals surface area contributed by atoms with Crippen LogP contribution in [0.5, 0.6) is 0 Å². The van der Waals surface area contributed by atoms with Gasteiger partial charge in [-0.25, -0.2) is 4.79 Å². The molecule has 0 fully saturated rings. The second-order valence-electron chi connectivity index (χ2n) is 7.29. The highest BCUT2D eigenvalue weighted by Crippen LogP contribution is 2.29. The summed E-state index contributed by atoms with van der Waals surface area (Å²) < 4.78 is 11.5. The van der Waals surface area contributed by atoms with Crippen LogP contribution in [0.3, 0.4) is 0 Å². The van der Waals surface area contributed by atoms with Gasteiger partial charge in [-0.15, -0.1) is 0 Å². The molecule has 0 bridgehead atoms. The molecule has 1 N–H and O–H groups in total. The molecule has 3 aromatic carbocycles. The van der Waals surface area contributed by atoms with Crippen molar-refractivity contribution in [1.29, 1.82) is 0 Å². The fourth-order valence-corrected chi connectivity index (χ4v) is 3.82. The van der Waals surface area contributed by atoms with Gasteiger partial charge < -0.3 is 14.5 Å². The molecule has 1 aromatic heterocycles. The van der Waals surface area contributed by atoms with Crippen LogP contribution in [-0.4, -0.2) is 18.0 Å². The fourth-order valence-electron chi connectivity index (χ4n) is 3.82. The van der Waals surface area contributed by atoms with Crippen LogP contribution in [-0.2, 0) is 16.0 Å². The van der Waals surface area contributed by atoms with Crippen LogP contribution in [0.1, 0.15) is 33.3 Å². The first-order valence-electron chi connectivity index (χ1n) is 9.82. The van der Waals surface area contributed by atoms with Gasteiger partial charge in [-0.1, -0.05) is 66.7 Å². The van der Waals surface area contributed by atoms with Crippen molar-refractivity contribution in [1.82, 2.24) is 5.32 Å². The Morgan fingerprint density at radius 2 is 1.67 bits per heavy atom. The maximum Gasteiger partial charge on any atom is 0.339 e. The first kappa shape index (κ1) is 18.2. The van der Waals surface area contributed by atoms with Crippen LogP contribution in [0.15, 0.2) is 89.3 Å². The molecule has 0 unspecified atom stereocenters. The number of amides is 1. The Balaban J connectivity index is 1.46. The van der Waals surface area contributed by atoms with E-state index in [0.29, 0.717) is 17.7 Å². The fraction of sp³-hybridized carbons (Fsp3) is 0.120. The number of hydrogen-bond donors (Lipinski definition) is 1. The number of nitrogens with one attached hydrogen (secondary N) is 1. The van der Waals surface area contributed by atoms with Gasteiger partial charge in [0.25, 0.3) is 5.91 Å². The molecule has 2 heterocycles. The van der Waals surface area contributed by atoms with Gasteiger partial charge in [0.15, 0.2) is 6.10 Å². The molecule has 30 heavy (non-hydrogen) atoms. The lowest BCUT2D eigenvalue weighted by molar-refractivity contribution is -0.130. The number of para-hydroxylation sites is 1. The summed E-state index contributed by atoms with van der Waals surface area (Å²) in [6.07, 6.45) is -0.543. The summed E-state index contributed by atoms with van der Waals surface area (Å²) in [5, 5.41) is 3.98. The molecule has 5 nitrogen and oxygen atoms in total. The molecule has 5 heteroatoms. The molecule has 0 radical (unpaired) electrons. The highest BCUT2D eigenvalue weighted by Gasteiger charge is 2.33. The molecule has 1 aliphatic heterocycles. The Hall–Kier alpha value is -3.86. The number of ether oxygens (including phenoxy) is 1. The highest BCUT2D eigenvalue weighted by atomic mass is 16.5. The molecule has 5 rings (SSSR count). The van der Waals surface area contributed by atoms with Crippen molar-refractivity contribution in [2.24, 2.45) is 0 Å². The first-order valence-corrected chi connectivity index (χ1v) is 9.82. The second-order valence-corrected chi connectivity index (χ2v) is 7.29. The third kappa shape index (κ3) is 3.35. The number of furan rings is 1. The third-order valence-corrected chi connectivity index (χ3v) is 5.33. The molecule has 2 atom stereocenters. The van der Waals surface area contributed by atoms with E-state index in [4.69, 9.17) is 9.15 Å². The van der Waals surface area contributed by atoms with Crippen LogP contribution in [0.2, 0.25) is 0 Å². The summed E-state index contributed by atoms with van der Waals surface area (Å²) in [6.45, 7) is 0. The number of rotatable bonds is 4. The molecule has 0 saturated heterocycles. The van der Waals surface area contributed by atoms with Gasteiger partial charge in [0.05, 0.1) is 5.56 Å². The number of esters is 1. The van der Waals surface area contributed by atoms with Crippen LogP contribution in [0, 0.1) is 0 Å².